The molecule has 2 aromatic carbocycles. The first-order valence-electron chi connectivity index (χ1n) is 9.72. The third-order valence-corrected chi connectivity index (χ3v) is 5.40. The van der Waals surface area contributed by atoms with Crippen molar-refractivity contribution in [2.24, 2.45) is 4.99 Å². The van der Waals surface area contributed by atoms with Crippen molar-refractivity contribution in [3.8, 4) is 0 Å². The SMILES string of the molecule is O=C1/C(=C\C=C\c2ccccc2)SC(=Nc2ccccc2)N1CN(CCO)CCO. The summed E-state index contributed by atoms with van der Waals surface area (Å²) < 4.78 is 0. The average Bonchev–Trinajstić information content (AvgIpc) is 3.04. The van der Waals surface area contributed by atoms with Crippen molar-refractivity contribution in [2.75, 3.05) is 33.0 Å². The van der Waals surface area contributed by atoms with Crippen LogP contribution in [-0.2, 0) is 4.79 Å². The zero-order valence-electron chi connectivity index (χ0n) is 16.6. The first-order chi connectivity index (χ1) is 14.7. The number of carbonyl (C=O) groups is 1. The number of hydrogen-bond donors (Lipinski definition) is 2. The van der Waals surface area contributed by atoms with Gasteiger partial charge < -0.3 is 10.2 Å². The lowest BCUT2D eigenvalue weighted by molar-refractivity contribution is -0.123. The number of carbonyl (C=O) groups excluding carboxylic acids is 1. The lowest BCUT2D eigenvalue weighted by Crippen LogP contribution is -2.43. The van der Waals surface area contributed by atoms with Gasteiger partial charge in [0.05, 0.1) is 30.5 Å². The molecule has 7 heteroatoms. The van der Waals surface area contributed by atoms with Crippen LogP contribution in [0.5, 0.6) is 0 Å². The number of allylic oxidation sites excluding steroid dienone is 2. The van der Waals surface area contributed by atoms with Crippen molar-refractivity contribution in [2.45, 2.75) is 0 Å². The highest BCUT2D eigenvalue weighted by atomic mass is 32.2. The minimum atomic E-state index is -0.145. The van der Waals surface area contributed by atoms with Crippen molar-refractivity contribution in [1.29, 1.82) is 0 Å². The first kappa shape index (κ1) is 22.0. The lowest BCUT2D eigenvalue weighted by atomic mass is 10.2. The summed E-state index contributed by atoms with van der Waals surface area (Å²) in [7, 11) is 0. The number of thioether (sulfide) groups is 1. The standard InChI is InChI=1S/C23H25N3O3S/c27-16-14-25(15-17-28)18-26-22(29)21(13-7-10-19-8-3-1-4-9-19)30-23(26)24-20-11-5-2-6-12-20/h1-13,27-28H,14-18H2/b10-7+,21-13+,24-23?. The highest BCUT2D eigenvalue weighted by molar-refractivity contribution is 8.18. The first-order valence-corrected chi connectivity index (χ1v) is 10.5. The molecule has 1 aliphatic heterocycles. The summed E-state index contributed by atoms with van der Waals surface area (Å²) in [4.78, 5) is 21.7. The van der Waals surface area contributed by atoms with Crippen LogP contribution in [0.2, 0.25) is 0 Å². The molecule has 2 N–H and O–H groups in total. The molecule has 0 aliphatic carbocycles. The van der Waals surface area contributed by atoms with E-state index in [-0.39, 0.29) is 25.8 Å². The number of rotatable bonds is 9. The number of benzene rings is 2. The normalized spacial score (nSPS) is 17.2. The minimum absolute atomic E-state index is 0.0527. The number of hydrogen-bond acceptors (Lipinski definition) is 6. The molecular formula is C23H25N3O3S. The maximum absolute atomic E-state index is 13.1. The van der Waals surface area contributed by atoms with E-state index in [4.69, 9.17) is 0 Å². The van der Waals surface area contributed by atoms with Crippen molar-refractivity contribution in [3.63, 3.8) is 0 Å². The Hall–Kier alpha value is -2.71. The van der Waals surface area contributed by atoms with Gasteiger partial charge in [0, 0.05) is 13.1 Å². The number of nitrogens with zero attached hydrogens (tertiary/aromatic N) is 3. The molecule has 1 heterocycles. The van der Waals surface area contributed by atoms with Gasteiger partial charge in [0.2, 0.25) is 0 Å². The number of amides is 1. The Kier molecular flexibility index (Phi) is 8.41. The van der Waals surface area contributed by atoms with E-state index in [1.165, 1.54) is 11.8 Å². The predicted octanol–water partition coefficient (Wildman–Crippen LogP) is 3.09. The van der Waals surface area contributed by atoms with Crippen LogP contribution >= 0.6 is 11.8 Å². The Morgan fingerprint density at radius 1 is 0.967 bits per heavy atom. The number of aliphatic imine (C=N–C) groups is 1. The average molecular weight is 424 g/mol. The largest absolute Gasteiger partial charge is 0.395 e. The fourth-order valence-electron chi connectivity index (χ4n) is 2.89. The number of para-hydroxylation sites is 1. The van der Waals surface area contributed by atoms with Crippen molar-refractivity contribution >= 4 is 34.6 Å². The topological polar surface area (TPSA) is 76.4 Å². The number of aliphatic hydroxyl groups is 2. The van der Waals surface area contributed by atoms with Gasteiger partial charge in [-0.05, 0) is 35.5 Å². The van der Waals surface area contributed by atoms with E-state index >= 15 is 0 Å². The summed E-state index contributed by atoms with van der Waals surface area (Å²) in [5, 5.41) is 19.2. The van der Waals surface area contributed by atoms with E-state index in [1.54, 1.807) is 11.0 Å². The van der Waals surface area contributed by atoms with E-state index in [0.29, 0.717) is 23.2 Å². The van der Waals surface area contributed by atoms with Gasteiger partial charge in [-0.3, -0.25) is 14.6 Å². The van der Waals surface area contributed by atoms with Crippen LogP contribution in [0.4, 0.5) is 5.69 Å². The van der Waals surface area contributed by atoms with Crippen LogP contribution in [0, 0.1) is 0 Å². The summed E-state index contributed by atoms with van der Waals surface area (Å²) in [6, 6.07) is 19.3. The van der Waals surface area contributed by atoms with Crippen LogP contribution in [0.15, 0.2) is 82.7 Å². The molecule has 0 radical (unpaired) electrons. The van der Waals surface area contributed by atoms with Gasteiger partial charge >= 0.3 is 0 Å². The number of amidine groups is 1. The van der Waals surface area contributed by atoms with E-state index in [1.807, 2.05) is 77.7 Å². The van der Waals surface area contributed by atoms with Crippen molar-refractivity contribution < 1.29 is 15.0 Å². The van der Waals surface area contributed by atoms with Crippen LogP contribution in [0.3, 0.4) is 0 Å². The molecule has 0 atom stereocenters. The molecule has 1 aliphatic rings. The van der Waals surface area contributed by atoms with E-state index < -0.39 is 0 Å². The Morgan fingerprint density at radius 3 is 2.23 bits per heavy atom. The summed E-state index contributed by atoms with van der Waals surface area (Å²) in [6.45, 7) is 0.866. The third kappa shape index (κ3) is 6.14. The van der Waals surface area contributed by atoms with Gasteiger partial charge in [0.15, 0.2) is 5.17 Å². The number of aliphatic hydroxyl groups excluding tert-OH is 2. The molecule has 3 rings (SSSR count). The molecule has 2 aromatic rings. The molecule has 30 heavy (non-hydrogen) atoms. The monoisotopic (exact) mass is 423 g/mol. The third-order valence-electron chi connectivity index (χ3n) is 4.38. The molecule has 0 bridgehead atoms. The van der Waals surface area contributed by atoms with Crippen molar-refractivity contribution in [1.82, 2.24) is 9.80 Å². The molecule has 0 aromatic heterocycles. The second kappa shape index (κ2) is 11.5. The van der Waals surface area contributed by atoms with Crippen LogP contribution in [0.25, 0.3) is 6.08 Å². The van der Waals surface area contributed by atoms with E-state index in [9.17, 15) is 15.0 Å². The van der Waals surface area contributed by atoms with Gasteiger partial charge in [0.25, 0.3) is 5.91 Å². The summed E-state index contributed by atoms with van der Waals surface area (Å²) in [6.07, 6.45) is 5.60. The molecule has 156 valence electrons. The zero-order chi connectivity index (χ0) is 21.2. The van der Waals surface area contributed by atoms with E-state index in [2.05, 4.69) is 4.99 Å². The fraction of sp³-hybridized carbons (Fsp3) is 0.217. The van der Waals surface area contributed by atoms with Gasteiger partial charge in [-0.25, -0.2) is 4.99 Å². The van der Waals surface area contributed by atoms with Gasteiger partial charge in [-0.1, -0.05) is 60.7 Å². The maximum atomic E-state index is 13.1. The Balaban J connectivity index is 1.84. The van der Waals surface area contributed by atoms with E-state index in [0.717, 1.165) is 11.3 Å². The molecule has 1 saturated heterocycles. The van der Waals surface area contributed by atoms with Crippen LogP contribution in [-0.4, -0.2) is 64.1 Å². The Labute approximate surface area is 180 Å². The predicted molar refractivity (Wildman–Crippen MR) is 122 cm³/mol. The second-order valence-corrected chi connectivity index (χ2v) is 7.58. The molecule has 0 unspecified atom stereocenters. The highest BCUT2D eigenvalue weighted by Crippen LogP contribution is 2.33. The van der Waals surface area contributed by atoms with Crippen LogP contribution < -0.4 is 0 Å². The van der Waals surface area contributed by atoms with Crippen molar-refractivity contribution in [3.05, 3.63) is 83.3 Å². The molecule has 1 fully saturated rings. The molecule has 0 spiro atoms. The highest BCUT2D eigenvalue weighted by Gasteiger charge is 2.34. The summed E-state index contributed by atoms with van der Waals surface area (Å²) in [5.74, 6) is -0.145. The summed E-state index contributed by atoms with van der Waals surface area (Å²) >= 11 is 1.32. The molecule has 6 nitrogen and oxygen atoms in total. The lowest BCUT2D eigenvalue weighted by Gasteiger charge is -2.26. The Bertz CT molecular complexity index is 908. The zero-order valence-corrected chi connectivity index (χ0v) is 17.4. The smallest absolute Gasteiger partial charge is 0.267 e. The van der Waals surface area contributed by atoms with Gasteiger partial charge in [0.1, 0.15) is 0 Å². The molecular weight excluding hydrogens is 398 g/mol. The molecule has 0 saturated carbocycles. The van der Waals surface area contributed by atoms with Gasteiger partial charge in [-0.2, -0.15) is 0 Å². The molecule has 1 amide bonds. The van der Waals surface area contributed by atoms with Crippen LogP contribution in [0.1, 0.15) is 5.56 Å². The minimum Gasteiger partial charge on any atom is -0.395 e. The second-order valence-electron chi connectivity index (χ2n) is 6.57. The maximum Gasteiger partial charge on any atom is 0.267 e. The summed E-state index contributed by atoms with van der Waals surface area (Å²) in [5.41, 5.74) is 1.81. The Morgan fingerprint density at radius 2 is 1.60 bits per heavy atom. The fourth-order valence-corrected chi connectivity index (χ4v) is 3.83. The van der Waals surface area contributed by atoms with Gasteiger partial charge in [-0.15, -0.1) is 0 Å². The quantitative estimate of drug-likeness (QED) is 0.606.